The van der Waals surface area contributed by atoms with Gasteiger partial charge in [-0.3, -0.25) is 0 Å². The zero-order valence-electron chi connectivity index (χ0n) is 11.0. The van der Waals surface area contributed by atoms with Crippen LogP contribution in [0.15, 0.2) is 35.0 Å². The molecular formula is C14H14ClN3O2. The fraction of sp³-hybridized carbons (Fsp3) is 0.286. The second-order valence-electron chi connectivity index (χ2n) is 4.39. The first-order valence-corrected chi connectivity index (χ1v) is 6.84. The number of ether oxygens (including phenoxy) is 1. The molecule has 0 fully saturated rings. The second kappa shape index (κ2) is 5.54. The van der Waals surface area contributed by atoms with E-state index in [9.17, 15) is 0 Å². The van der Waals surface area contributed by atoms with E-state index in [1.807, 2.05) is 24.3 Å². The number of alkyl halides is 1. The summed E-state index contributed by atoms with van der Waals surface area (Å²) < 4.78 is 12.5. The summed E-state index contributed by atoms with van der Waals surface area (Å²) in [7, 11) is 1.65. The van der Waals surface area contributed by atoms with Crippen LogP contribution in [0.25, 0.3) is 11.0 Å². The van der Waals surface area contributed by atoms with Gasteiger partial charge in [-0.05, 0) is 12.1 Å². The van der Waals surface area contributed by atoms with Crippen molar-refractivity contribution in [2.24, 2.45) is 0 Å². The number of benzene rings is 1. The zero-order valence-corrected chi connectivity index (χ0v) is 11.8. The normalized spacial score (nSPS) is 11.1. The number of halogens is 1. The first-order chi connectivity index (χ1) is 9.81. The van der Waals surface area contributed by atoms with E-state index in [1.165, 1.54) is 0 Å². The Bertz CT molecular complexity index is 707. The minimum absolute atomic E-state index is 0.525. The molecule has 104 valence electrons. The van der Waals surface area contributed by atoms with E-state index in [0.717, 1.165) is 28.4 Å². The Kier molecular flexibility index (Phi) is 3.60. The summed E-state index contributed by atoms with van der Waals surface area (Å²) in [6.45, 7) is 0.592. The Morgan fingerprint density at radius 2 is 2.25 bits per heavy atom. The fourth-order valence-corrected chi connectivity index (χ4v) is 2.39. The molecule has 1 aromatic carbocycles. The molecule has 0 saturated heterocycles. The van der Waals surface area contributed by atoms with Gasteiger partial charge in [0.25, 0.3) is 0 Å². The molecular weight excluding hydrogens is 278 g/mol. The van der Waals surface area contributed by atoms with Gasteiger partial charge < -0.3 is 13.8 Å². The highest BCUT2D eigenvalue weighted by molar-refractivity contribution is 6.17. The predicted octanol–water partition coefficient (Wildman–Crippen LogP) is 2.86. The predicted molar refractivity (Wildman–Crippen MR) is 76.3 cm³/mol. The van der Waals surface area contributed by atoms with E-state index < -0.39 is 0 Å². The molecule has 5 nitrogen and oxygen atoms in total. The molecule has 0 unspecified atom stereocenters. The Labute approximate surface area is 121 Å². The van der Waals surface area contributed by atoms with Crippen LogP contribution in [-0.4, -0.2) is 27.7 Å². The number of fused-ring (bicyclic) bond motifs is 1. The highest BCUT2D eigenvalue weighted by Gasteiger charge is 2.12. The minimum atomic E-state index is 0.525. The molecule has 2 aromatic heterocycles. The minimum Gasteiger partial charge on any atom is -0.497 e. The van der Waals surface area contributed by atoms with Gasteiger partial charge in [0.15, 0.2) is 5.76 Å². The van der Waals surface area contributed by atoms with E-state index in [0.29, 0.717) is 18.8 Å². The lowest BCUT2D eigenvalue weighted by Gasteiger charge is -2.06. The van der Waals surface area contributed by atoms with Crippen molar-refractivity contribution < 1.29 is 9.26 Å². The third-order valence-electron chi connectivity index (χ3n) is 3.16. The average molecular weight is 292 g/mol. The fourth-order valence-electron chi connectivity index (χ4n) is 2.22. The van der Waals surface area contributed by atoms with Crippen LogP contribution in [0.1, 0.15) is 11.6 Å². The molecule has 6 heteroatoms. The van der Waals surface area contributed by atoms with Crippen LogP contribution in [0.2, 0.25) is 0 Å². The zero-order chi connectivity index (χ0) is 13.9. The van der Waals surface area contributed by atoms with Crippen molar-refractivity contribution >= 4 is 22.6 Å². The van der Waals surface area contributed by atoms with Crippen LogP contribution in [0.4, 0.5) is 0 Å². The third-order valence-corrected chi connectivity index (χ3v) is 3.35. The monoisotopic (exact) mass is 291 g/mol. The molecule has 0 bridgehead atoms. The van der Waals surface area contributed by atoms with Crippen LogP contribution >= 0.6 is 11.6 Å². The van der Waals surface area contributed by atoms with Gasteiger partial charge in [0.1, 0.15) is 11.6 Å². The topological polar surface area (TPSA) is 53.1 Å². The Morgan fingerprint density at radius 3 is 2.95 bits per heavy atom. The van der Waals surface area contributed by atoms with E-state index in [4.69, 9.17) is 20.9 Å². The van der Waals surface area contributed by atoms with Gasteiger partial charge in [-0.15, -0.1) is 11.6 Å². The van der Waals surface area contributed by atoms with Crippen molar-refractivity contribution in [2.45, 2.75) is 13.0 Å². The number of methoxy groups -OCH3 is 1. The van der Waals surface area contributed by atoms with Gasteiger partial charge in [0.2, 0.25) is 0 Å². The molecule has 0 spiro atoms. The SMILES string of the molecule is COc1ccc2c(c1)nc(CCCl)n2Cc1ccno1. The molecule has 0 aliphatic carbocycles. The van der Waals surface area contributed by atoms with Crippen LogP contribution in [0.3, 0.4) is 0 Å². The number of aromatic nitrogens is 3. The highest BCUT2D eigenvalue weighted by Crippen LogP contribution is 2.23. The Morgan fingerprint density at radius 1 is 1.35 bits per heavy atom. The standard InChI is InChI=1S/C14H14ClN3O2/c1-19-10-2-3-13-12(8-10)17-14(4-6-15)18(13)9-11-5-7-16-20-11/h2-3,5,7-8H,4,6,9H2,1H3. The van der Waals surface area contributed by atoms with Gasteiger partial charge in [-0.25, -0.2) is 4.98 Å². The van der Waals surface area contributed by atoms with Crippen LogP contribution in [0.5, 0.6) is 5.75 Å². The van der Waals surface area contributed by atoms with Crippen LogP contribution < -0.4 is 4.74 Å². The van der Waals surface area contributed by atoms with E-state index >= 15 is 0 Å². The Balaban J connectivity index is 2.08. The van der Waals surface area contributed by atoms with Crippen molar-refractivity contribution in [3.05, 3.63) is 42.0 Å². The second-order valence-corrected chi connectivity index (χ2v) is 4.76. The largest absolute Gasteiger partial charge is 0.497 e. The van der Waals surface area contributed by atoms with E-state index in [1.54, 1.807) is 13.3 Å². The summed E-state index contributed by atoms with van der Waals surface area (Å²) >= 11 is 5.86. The summed E-state index contributed by atoms with van der Waals surface area (Å²) in [5, 5.41) is 3.73. The summed E-state index contributed by atoms with van der Waals surface area (Å²) in [5.41, 5.74) is 1.92. The van der Waals surface area contributed by atoms with Crippen LogP contribution in [-0.2, 0) is 13.0 Å². The van der Waals surface area contributed by atoms with Crippen molar-refractivity contribution in [3.63, 3.8) is 0 Å². The molecule has 0 saturated carbocycles. The molecule has 0 atom stereocenters. The summed E-state index contributed by atoms with van der Waals surface area (Å²) in [4.78, 5) is 4.63. The smallest absolute Gasteiger partial charge is 0.156 e. The lowest BCUT2D eigenvalue weighted by molar-refractivity contribution is 0.376. The molecule has 0 aliphatic heterocycles. The van der Waals surface area contributed by atoms with E-state index in [-0.39, 0.29) is 0 Å². The van der Waals surface area contributed by atoms with Crippen molar-refractivity contribution in [2.75, 3.05) is 13.0 Å². The molecule has 2 heterocycles. The maximum absolute atomic E-state index is 5.86. The van der Waals surface area contributed by atoms with Crippen molar-refractivity contribution in [3.8, 4) is 5.75 Å². The van der Waals surface area contributed by atoms with Crippen molar-refractivity contribution in [1.29, 1.82) is 0 Å². The number of imidazole rings is 1. The first-order valence-electron chi connectivity index (χ1n) is 6.30. The molecule has 3 rings (SSSR count). The van der Waals surface area contributed by atoms with Gasteiger partial charge in [0, 0.05) is 24.4 Å². The first kappa shape index (κ1) is 13.0. The number of aryl methyl sites for hydroxylation is 1. The third kappa shape index (κ3) is 2.36. The van der Waals surface area contributed by atoms with Crippen molar-refractivity contribution in [1.82, 2.24) is 14.7 Å². The number of nitrogens with zero attached hydrogens (tertiary/aromatic N) is 3. The summed E-state index contributed by atoms with van der Waals surface area (Å²) in [6.07, 6.45) is 2.34. The number of hydrogen-bond donors (Lipinski definition) is 0. The average Bonchev–Trinajstić information content (AvgIpc) is 3.08. The van der Waals surface area contributed by atoms with Crippen LogP contribution in [0, 0.1) is 0 Å². The maximum atomic E-state index is 5.86. The molecule has 0 N–H and O–H groups in total. The van der Waals surface area contributed by atoms with Gasteiger partial charge in [0.05, 0.1) is 30.9 Å². The van der Waals surface area contributed by atoms with Gasteiger partial charge in [-0.1, -0.05) is 5.16 Å². The summed E-state index contributed by atoms with van der Waals surface area (Å²) in [6, 6.07) is 7.68. The van der Waals surface area contributed by atoms with E-state index in [2.05, 4.69) is 14.7 Å². The van der Waals surface area contributed by atoms with Gasteiger partial charge in [-0.2, -0.15) is 0 Å². The molecule has 0 radical (unpaired) electrons. The maximum Gasteiger partial charge on any atom is 0.156 e. The number of rotatable bonds is 5. The number of hydrogen-bond acceptors (Lipinski definition) is 4. The molecule has 3 aromatic rings. The molecule has 0 amide bonds. The molecule has 0 aliphatic rings. The molecule has 20 heavy (non-hydrogen) atoms. The van der Waals surface area contributed by atoms with Gasteiger partial charge >= 0.3 is 0 Å². The quantitative estimate of drug-likeness (QED) is 0.678. The lowest BCUT2D eigenvalue weighted by atomic mass is 10.3. The Hall–Kier alpha value is -2.01. The summed E-state index contributed by atoms with van der Waals surface area (Å²) in [5.74, 6) is 3.03. The lowest BCUT2D eigenvalue weighted by Crippen LogP contribution is -2.05. The highest BCUT2D eigenvalue weighted by atomic mass is 35.5.